The highest BCUT2D eigenvalue weighted by atomic mass is 16.5. The van der Waals surface area contributed by atoms with Crippen LogP contribution in [0.25, 0.3) is 0 Å². The maximum atomic E-state index is 11.1. The van der Waals surface area contributed by atoms with Crippen molar-refractivity contribution in [1.29, 1.82) is 0 Å². The molecule has 23 heavy (non-hydrogen) atoms. The van der Waals surface area contributed by atoms with Gasteiger partial charge in [0, 0.05) is 32.8 Å². The number of methoxy groups -OCH3 is 1. The molecular weight excluding hydrogens is 292 g/mol. The first-order valence-corrected chi connectivity index (χ1v) is 7.80. The number of anilines is 1. The first kappa shape index (κ1) is 19.0. The van der Waals surface area contributed by atoms with E-state index < -0.39 is 0 Å². The third kappa shape index (κ3) is 7.65. The van der Waals surface area contributed by atoms with Gasteiger partial charge in [-0.15, -0.1) is 0 Å². The molecule has 0 aromatic heterocycles. The first-order valence-electron chi connectivity index (χ1n) is 7.80. The van der Waals surface area contributed by atoms with E-state index in [-0.39, 0.29) is 11.5 Å². The molecule has 0 aliphatic heterocycles. The van der Waals surface area contributed by atoms with E-state index in [4.69, 9.17) is 4.74 Å². The summed E-state index contributed by atoms with van der Waals surface area (Å²) >= 11 is 0. The smallest absolute Gasteiger partial charge is 0.221 e. The van der Waals surface area contributed by atoms with Gasteiger partial charge in [-0.05, 0) is 38.5 Å². The molecule has 0 aliphatic rings. The lowest BCUT2D eigenvalue weighted by atomic mass is 10.1. The van der Waals surface area contributed by atoms with E-state index in [1.807, 2.05) is 45.0 Å². The Morgan fingerprint density at radius 3 is 2.65 bits per heavy atom. The third-order valence-corrected chi connectivity index (χ3v) is 3.25. The number of nitrogens with zero attached hydrogens (tertiary/aromatic N) is 1. The number of guanidine groups is 1. The Morgan fingerprint density at radius 1 is 1.30 bits per heavy atom. The summed E-state index contributed by atoms with van der Waals surface area (Å²) in [6.07, 6.45) is 0. The fraction of sp³-hybridized carbons (Fsp3) is 0.529. The molecule has 0 spiro atoms. The zero-order valence-electron chi connectivity index (χ0n) is 14.7. The van der Waals surface area contributed by atoms with Crippen LogP contribution in [0.4, 0.5) is 5.69 Å². The predicted molar refractivity (Wildman–Crippen MR) is 94.7 cm³/mol. The van der Waals surface area contributed by atoms with Crippen LogP contribution in [-0.2, 0) is 16.1 Å². The van der Waals surface area contributed by atoms with Crippen LogP contribution in [0, 0.1) is 0 Å². The highest BCUT2D eigenvalue weighted by molar-refractivity contribution is 5.88. The minimum Gasteiger partial charge on any atom is -0.377 e. The van der Waals surface area contributed by atoms with Gasteiger partial charge in [-0.25, -0.2) is 4.99 Å². The summed E-state index contributed by atoms with van der Waals surface area (Å²) in [5.74, 6) is 0.657. The van der Waals surface area contributed by atoms with Crippen LogP contribution < -0.4 is 16.0 Å². The fourth-order valence-electron chi connectivity index (χ4n) is 1.83. The summed E-state index contributed by atoms with van der Waals surface area (Å²) < 4.78 is 5.40. The van der Waals surface area contributed by atoms with Crippen molar-refractivity contribution in [3.63, 3.8) is 0 Å². The number of hydrogen-bond acceptors (Lipinski definition) is 3. The van der Waals surface area contributed by atoms with E-state index in [0.717, 1.165) is 23.8 Å². The van der Waals surface area contributed by atoms with Crippen molar-refractivity contribution in [2.45, 2.75) is 39.8 Å². The lowest BCUT2D eigenvalue weighted by Crippen LogP contribution is -2.45. The van der Waals surface area contributed by atoms with E-state index in [1.165, 1.54) is 6.92 Å². The van der Waals surface area contributed by atoms with Crippen LogP contribution in [0.1, 0.15) is 33.3 Å². The maximum absolute atomic E-state index is 11.1. The number of carbonyl (C=O) groups excluding carboxylic acids is 1. The standard InChI is InChI=1S/C17H28N4O2/c1-6-18-16(20-12-17(3,4)23-5)19-11-14-8-7-9-15(10-14)21-13(2)22/h7-10H,6,11-12H2,1-5H3,(H,21,22)(H2,18,19,20). The van der Waals surface area contributed by atoms with Crippen LogP contribution >= 0.6 is 0 Å². The van der Waals surface area contributed by atoms with E-state index in [9.17, 15) is 4.79 Å². The normalized spacial score (nSPS) is 12.0. The van der Waals surface area contributed by atoms with E-state index in [2.05, 4.69) is 20.9 Å². The molecule has 0 fully saturated rings. The number of benzene rings is 1. The second-order valence-corrected chi connectivity index (χ2v) is 5.89. The molecule has 0 heterocycles. The Hall–Kier alpha value is -2.08. The van der Waals surface area contributed by atoms with Crippen molar-refractivity contribution >= 4 is 17.6 Å². The summed E-state index contributed by atoms with van der Waals surface area (Å²) in [5, 5.41) is 9.26. The Morgan fingerprint density at radius 2 is 2.04 bits per heavy atom. The first-order chi connectivity index (χ1) is 10.9. The molecule has 6 nitrogen and oxygen atoms in total. The fourth-order valence-corrected chi connectivity index (χ4v) is 1.83. The lowest BCUT2D eigenvalue weighted by molar-refractivity contribution is -0.114. The van der Waals surface area contributed by atoms with Gasteiger partial charge in [0.2, 0.25) is 5.91 Å². The second-order valence-electron chi connectivity index (χ2n) is 5.89. The number of ether oxygens (including phenoxy) is 1. The summed E-state index contributed by atoms with van der Waals surface area (Å²) in [4.78, 5) is 15.7. The van der Waals surface area contributed by atoms with Crippen LogP contribution in [0.3, 0.4) is 0 Å². The molecule has 1 amide bonds. The average molecular weight is 320 g/mol. The maximum Gasteiger partial charge on any atom is 0.221 e. The Labute approximate surface area is 138 Å². The lowest BCUT2D eigenvalue weighted by Gasteiger charge is -2.24. The van der Waals surface area contributed by atoms with Gasteiger partial charge in [-0.2, -0.15) is 0 Å². The third-order valence-electron chi connectivity index (χ3n) is 3.25. The molecule has 6 heteroatoms. The number of rotatable bonds is 7. The van der Waals surface area contributed by atoms with Gasteiger partial charge in [0.25, 0.3) is 0 Å². The molecule has 1 aromatic rings. The monoisotopic (exact) mass is 320 g/mol. The zero-order chi connectivity index (χ0) is 17.3. The van der Waals surface area contributed by atoms with Gasteiger partial charge in [-0.1, -0.05) is 12.1 Å². The molecule has 0 saturated carbocycles. The molecule has 1 aromatic carbocycles. The van der Waals surface area contributed by atoms with E-state index >= 15 is 0 Å². The summed E-state index contributed by atoms with van der Waals surface area (Å²) in [6, 6.07) is 7.68. The minimum atomic E-state index is -0.262. The van der Waals surface area contributed by atoms with Crippen molar-refractivity contribution in [2.24, 2.45) is 4.99 Å². The number of nitrogens with one attached hydrogen (secondary N) is 3. The molecule has 0 radical (unpaired) electrons. The molecule has 0 bridgehead atoms. The second kappa shape index (κ2) is 9.15. The van der Waals surface area contributed by atoms with Crippen molar-refractivity contribution in [1.82, 2.24) is 10.6 Å². The van der Waals surface area contributed by atoms with Gasteiger partial charge in [0.15, 0.2) is 5.96 Å². The largest absolute Gasteiger partial charge is 0.377 e. The number of amides is 1. The van der Waals surface area contributed by atoms with Crippen molar-refractivity contribution in [3.05, 3.63) is 29.8 Å². The summed E-state index contributed by atoms with van der Waals surface area (Å²) in [6.45, 7) is 9.51. The van der Waals surface area contributed by atoms with E-state index in [0.29, 0.717) is 13.1 Å². The van der Waals surface area contributed by atoms with Gasteiger partial charge in [-0.3, -0.25) is 4.79 Å². The molecule has 0 saturated heterocycles. The van der Waals surface area contributed by atoms with Crippen LogP contribution in [0.5, 0.6) is 0 Å². The molecule has 1 rings (SSSR count). The van der Waals surface area contributed by atoms with Gasteiger partial charge in [0.05, 0.1) is 12.1 Å². The van der Waals surface area contributed by atoms with E-state index in [1.54, 1.807) is 7.11 Å². The molecule has 128 valence electrons. The molecular formula is C17H28N4O2. The quantitative estimate of drug-likeness (QED) is 0.531. The number of aliphatic imine (C=N–C) groups is 1. The van der Waals surface area contributed by atoms with Gasteiger partial charge < -0.3 is 20.7 Å². The van der Waals surface area contributed by atoms with Crippen molar-refractivity contribution < 1.29 is 9.53 Å². The van der Waals surface area contributed by atoms with Crippen LogP contribution in [0.15, 0.2) is 29.3 Å². The molecule has 0 aliphatic carbocycles. The SMILES string of the molecule is CCNC(=NCc1cccc(NC(C)=O)c1)NCC(C)(C)OC. The highest BCUT2D eigenvalue weighted by Gasteiger charge is 2.16. The van der Waals surface area contributed by atoms with Gasteiger partial charge >= 0.3 is 0 Å². The Kier molecular flexibility index (Phi) is 7.54. The zero-order valence-corrected chi connectivity index (χ0v) is 14.7. The summed E-state index contributed by atoms with van der Waals surface area (Å²) in [5.41, 5.74) is 1.55. The van der Waals surface area contributed by atoms with Crippen LogP contribution in [-0.4, -0.2) is 37.7 Å². The number of carbonyl (C=O) groups is 1. The molecule has 0 unspecified atom stereocenters. The topological polar surface area (TPSA) is 74.8 Å². The minimum absolute atomic E-state index is 0.0811. The Balaban J connectivity index is 2.71. The average Bonchev–Trinajstić information content (AvgIpc) is 2.50. The van der Waals surface area contributed by atoms with Gasteiger partial charge in [0.1, 0.15) is 0 Å². The molecule has 3 N–H and O–H groups in total. The summed E-state index contributed by atoms with van der Waals surface area (Å²) in [7, 11) is 1.69. The van der Waals surface area contributed by atoms with Crippen LogP contribution in [0.2, 0.25) is 0 Å². The highest BCUT2D eigenvalue weighted by Crippen LogP contribution is 2.11. The predicted octanol–water partition coefficient (Wildman–Crippen LogP) is 2.13. The van der Waals surface area contributed by atoms with Crippen molar-refractivity contribution in [2.75, 3.05) is 25.5 Å². The molecule has 0 atom stereocenters. The van der Waals surface area contributed by atoms with Crippen molar-refractivity contribution in [3.8, 4) is 0 Å². The Bertz CT molecular complexity index is 541. The number of hydrogen-bond donors (Lipinski definition) is 3.